The molecule has 21 heavy (non-hydrogen) atoms. The van der Waals surface area contributed by atoms with Crippen molar-refractivity contribution >= 4 is 23.2 Å². The third kappa shape index (κ3) is 3.69. The van der Waals surface area contributed by atoms with E-state index in [0.29, 0.717) is 16.5 Å². The first-order chi connectivity index (χ1) is 10.0. The Balaban J connectivity index is 2.50. The summed E-state index contributed by atoms with van der Waals surface area (Å²) in [5.74, 6) is -0.403. The number of hydrogen-bond donors (Lipinski definition) is 0. The Morgan fingerprint density at radius 3 is 1.67 bits per heavy atom. The average Bonchev–Trinajstić information content (AvgIpc) is 2.46. The zero-order valence-electron chi connectivity index (χ0n) is 11.4. The quantitative estimate of drug-likeness (QED) is 0.423. The highest BCUT2D eigenvalue weighted by atomic mass is 35.5. The van der Waals surface area contributed by atoms with Gasteiger partial charge < -0.3 is 0 Å². The minimum absolute atomic E-state index is 0.250. The van der Waals surface area contributed by atoms with E-state index in [1.165, 1.54) is 0 Å². The Labute approximate surface area is 133 Å². The van der Waals surface area contributed by atoms with E-state index in [4.69, 9.17) is 23.2 Å². The number of nitrogens with zero attached hydrogens (tertiary/aromatic N) is 1. The molecule has 0 spiro atoms. The van der Waals surface area contributed by atoms with Crippen molar-refractivity contribution in [1.29, 1.82) is 0 Å². The molecule has 110 valence electrons. The second-order valence-corrected chi connectivity index (χ2v) is 5.51. The van der Waals surface area contributed by atoms with Gasteiger partial charge in [0.1, 0.15) is 0 Å². The van der Waals surface area contributed by atoms with Crippen LogP contribution in [0.5, 0.6) is 0 Å². The summed E-state index contributed by atoms with van der Waals surface area (Å²) < 4.78 is 0. The van der Waals surface area contributed by atoms with Gasteiger partial charge in [-0.2, -0.15) is 0 Å². The molecular weight excluding hydrogens is 309 g/mol. The molecule has 0 unspecified atom stereocenters. The van der Waals surface area contributed by atoms with Gasteiger partial charge in [0.15, 0.2) is 0 Å². The molecule has 0 N–H and O–H groups in total. The Kier molecular flexibility index (Phi) is 5.10. The van der Waals surface area contributed by atoms with Crippen LogP contribution < -0.4 is 0 Å². The minimum Gasteiger partial charge on any atom is -0.295 e. The van der Waals surface area contributed by atoms with Gasteiger partial charge in [0.2, 0.25) is 0 Å². The van der Waals surface area contributed by atoms with E-state index < -0.39 is 5.92 Å². The molecule has 0 fully saturated rings. The van der Waals surface area contributed by atoms with Crippen LogP contribution >= 0.6 is 23.2 Å². The minimum atomic E-state index is -0.403. The SMILES string of the molecule is CC[C-](C(c1ccc(Cl)cc1)c1ccc(Cl)cc1)[N+](=O)[O-]. The van der Waals surface area contributed by atoms with Crippen molar-refractivity contribution in [3.63, 3.8) is 0 Å². The van der Waals surface area contributed by atoms with Crippen LogP contribution in [0.3, 0.4) is 0 Å². The number of nitro groups is 1. The van der Waals surface area contributed by atoms with Gasteiger partial charge in [0.05, 0.1) is 0 Å². The third-order valence-corrected chi connectivity index (χ3v) is 3.84. The molecule has 0 aliphatic heterocycles. The highest BCUT2D eigenvalue weighted by Gasteiger charge is 2.20. The van der Waals surface area contributed by atoms with E-state index in [1.54, 1.807) is 31.2 Å². The van der Waals surface area contributed by atoms with Crippen LogP contribution in [-0.4, -0.2) is 4.92 Å². The Morgan fingerprint density at radius 2 is 1.38 bits per heavy atom. The molecule has 2 aromatic rings. The fourth-order valence-electron chi connectivity index (χ4n) is 2.33. The lowest BCUT2D eigenvalue weighted by Crippen LogP contribution is -2.19. The Hall–Kier alpha value is -1.71. The van der Waals surface area contributed by atoms with Gasteiger partial charge in [-0.15, -0.1) is 11.3 Å². The van der Waals surface area contributed by atoms with E-state index in [9.17, 15) is 10.1 Å². The summed E-state index contributed by atoms with van der Waals surface area (Å²) in [6.07, 6.45) is 0.364. The summed E-state index contributed by atoms with van der Waals surface area (Å²) in [5.41, 5.74) is 1.69. The van der Waals surface area contributed by atoms with Gasteiger partial charge in [-0.25, -0.2) is 0 Å². The summed E-state index contributed by atoms with van der Waals surface area (Å²) in [4.78, 5) is 11.1. The molecule has 0 bridgehead atoms. The first-order valence-corrected chi connectivity index (χ1v) is 7.29. The lowest BCUT2D eigenvalue weighted by molar-refractivity contribution is -0.471. The molecule has 0 heterocycles. The van der Waals surface area contributed by atoms with Gasteiger partial charge in [-0.3, -0.25) is 10.1 Å². The maximum absolute atomic E-state index is 11.4. The lowest BCUT2D eigenvalue weighted by Gasteiger charge is -2.31. The smallest absolute Gasteiger partial charge is 0.0406 e. The van der Waals surface area contributed by atoms with E-state index >= 15 is 0 Å². The predicted octanol–water partition coefficient (Wildman–Crippen LogP) is 5.34. The monoisotopic (exact) mass is 322 g/mol. The lowest BCUT2D eigenvalue weighted by atomic mass is 9.84. The Morgan fingerprint density at radius 1 is 1.00 bits per heavy atom. The number of rotatable bonds is 5. The van der Waals surface area contributed by atoms with Crippen molar-refractivity contribution in [2.45, 2.75) is 19.3 Å². The van der Waals surface area contributed by atoms with Crippen molar-refractivity contribution in [2.24, 2.45) is 0 Å². The highest BCUT2D eigenvalue weighted by molar-refractivity contribution is 6.30. The topological polar surface area (TPSA) is 43.1 Å². The van der Waals surface area contributed by atoms with Crippen LogP contribution in [0.4, 0.5) is 0 Å². The molecule has 2 rings (SSSR count). The maximum atomic E-state index is 11.4. The number of halogens is 2. The number of hydrogen-bond acceptors (Lipinski definition) is 2. The largest absolute Gasteiger partial charge is 0.295 e. The van der Waals surface area contributed by atoms with Gasteiger partial charge in [0.25, 0.3) is 0 Å². The van der Waals surface area contributed by atoms with Crippen LogP contribution in [0, 0.1) is 16.2 Å². The van der Waals surface area contributed by atoms with Gasteiger partial charge >= 0.3 is 0 Å². The first-order valence-electron chi connectivity index (χ1n) is 6.54. The van der Waals surface area contributed by atoms with Crippen molar-refractivity contribution in [3.8, 4) is 0 Å². The van der Waals surface area contributed by atoms with Crippen LogP contribution in [-0.2, 0) is 0 Å². The zero-order valence-corrected chi connectivity index (χ0v) is 12.9. The van der Waals surface area contributed by atoms with Gasteiger partial charge in [-0.1, -0.05) is 65.5 Å². The average molecular weight is 323 g/mol. The molecule has 0 atom stereocenters. The van der Waals surface area contributed by atoms with Crippen molar-refractivity contribution in [3.05, 3.63) is 85.9 Å². The van der Waals surface area contributed by atoms with Crippen molar-refractivity contribution < 1.29 is 4.92 Å². The van der Waals surface area contributed by atoms with Crippen LogP contribution in [0.15, 0.2) is 48.5 Å². The molecule has 0 saturated carbocycles. The number of benzene rings is 2. The van der Waals surface area contributed by atoms with Crippen molar-refractivity contribution in [1.82, 2.24) is 0 Å². The van der Waals surface area contributed by atoms with E-state index in [1.807, 2.05) is 24.3 Å². The van der Waals surface area contributed by atoms with Gasteiger partial charge in [0, 0.05) is 10.0 Å². The molecule has 0 saturated heterocycles. The van der Waals surface area contributed by atoms with Crippen molar-refractivity contribution in [2.75, 3.05) is 0 Å². The molecule has 0 aliphatic rings. The molecule has 0 amide bonds. The second kappa shape index (κ2) is 6.83. The Bertz CT molecular complexity index is 566. The molecule has 2 aromatic carbocycles. The fourth-order valence-corrected chi connectivity index (χ4v) is 2.58. The molecule has 3 nitrogen and oxygen atoms in total. The molecule has 0 aromatic heterocycles. The third-order valence-electron chi connectivity index (χ3n) is 3.34. The van der Waals surface area contributed by atoms with E-state index in [0.717, 1.165) is 11.1 Å². The summed E-state index contributed by atoms with van der Waals surface area (Å²) in [7, 11) is 0. The first kappa shape index (κ1) is 15.7. The molecule has 5 heteroatoms. The molecule has 0 aliphatic carbocycles. The normalized spacial score (nSPS) is 10.7. The van der Waals surface area contributed by atoms with Crippen LogP contribution in [0.1, 0.15) is 30.4 Å². The maximum Gasteiger partial charge on any atom is 0.0406 e. The summed E-state index contributed by atoms with van der Waals surface area (Å²) in [6, 6.07) is 14.5. The zero-order chi connectivity index (χ0) is 15.4. The summed E-state index contributed by atoms with van der Waals surface area (Å²) in [6.45, 7) is 1.79. The van der Waals surface area contributed by atoms with Crippen LogP contribution in [0.2, 0.25) is 10.0 Å². The summed E-state index contributed by atoms with van der Waals surface area (Å²) in [5, 5.41) is 12.6. The predicted molar refractivity (Wildman–Crippen MR) is 85.3 cm³/mol. The highest BCUT2D eigenvalue weighted by Crippen LogP contribution is 2.36. The van der Waals surface area contributed by atoms with Gasteiger partial charge in [-0.05, 0) is 36.2 Å². The second-order valence-electron chi connectivity index (χ2n) is 4.64. The molecule has 0 radical (unpaired) electrons. The van der Waals surface area contributed by atoms with Crippen LogP contribution in [0.25, 0.3) is 0 Å². The molecular formula is C16H14Cl2NO2-. The summed E-state index contributed by atoms with van der Waals surface area (Å²) >= 11 is 11.8. The van der Waals surface area contributed by atoms with E-state index in [-0.39, 0.29) is 11.0 Å². The standard InChI is InChI=1S/C16H14Cl2NO2/c1-2-15(19(20)21)16(11-3-7-13(17)8-4-11)12-5-9-14(18)10-6-12/h3-10,16H,2H2,1H3/q-1. The fraction of sp³-hybridized carbons (Fsp3) is 0.188. The van der Waals surface area contributed by atoms with E-state index in [2.05, 4.69) is 0 Å².